The van der Waals surface area contributed by atoms with Gasteiger partial charge in [-0.05, 0) is 24.9 Å². The van der Waals surface area contributed by atoms with Crippen molar-refractivity contribution in [2.75, 3.05) is 6.54 Å². The van der Waals surface area contributed by atoms with Crippen LogP contribution in [0.2, 0.25) is 0 Å². The van der Waals surface area contributed by atoms with E-state index in [2.05, 4.69) is 41.4 Å². The maximum Gasteiger partial charge on any atom is 0.239 e. The summed E-state index contributed by atoms with van der Waals surface area (Å²) in [5.74, 6) is 1.79. The van der Waals surface area contributed by atoms with Gasteiger partial charge in [0.1, 0.15) is 0 Å². The summed E-state index contributed by atoms with van der Waals surface area (Å²) in [6.07, 6.45) is 4.59. The first kappa shape index (κ1) is 15.4. The summed E-state index contributed by atoms with van der Waals surface area (Å²) in [6, 6.07) is 3.75. The Kier molecular flexibility index (Phi) is 5.68. The maximum atomic E-state index is 5.63. The number of aryl methyl sites for hydroxylation is 1. The molecule has 0 atom stereocenters. The molecule has 0 aliphatic heterocycles. The lowest BCUT2D eigenvalue weighted by atomic mass is 10.2. The molecule has 0 aliphatic carbocycles. The molecule has 6 nitrogen and oxygen atoms in total. The van der Waals surface area contributed by atoms with Crippen LogP contribution < -0.4 is 10.1 Å². The minimum atomic E-state index is 0.485. The van der Waals surface area contributed by atoms with Gasteiger partial charge >= 0.3 is 0 Å². The van der Waals surface area contributed by atoms with E-state index in [4.69, 9.17) is 4.74 Å². The third-order valence-electron chi connectivity index (χ3n) is 2.84. The predicted octanol–water partition coefficient (Wildman–Crippen LogP) is 2.62. The zero-order valence-corrected chi connectivity index (χ0v) is 12.9. The second-order valence-electron chi connectivity index (χ2n) is 5.43. The highest BCUT2D eigenvalue weighted by molar-refractivity contribution is 5.21. The number of ether oxygens (including phenoxy) is 1. The molecule has 0 aromatic carbocycles. The zero-order valence-electron chi connectivity index (χ0n) is 12.9. The van der Waals surface area contributed by atoms with Crippen molar-refractivity contribution in [3.05, 3.63) is 30.2 Å². The lowest BCUT2D eigenvalue weighted by Gasteiger charge is -2.06. The molecule has 2 rings (SSSR count). The molecule has 0 spiro atoms. The number of aromatic nitrogens is 4. The minimum absolute atomic E-state index is 0.485. The molecule has 0 saturated heterocycles. The molecule has 2 aromatic rings. The van der Waals surface area contributed by atoms with Gasteiger partial charge in [-0.1, -0.05) is 20.8 Å². The fourth-order valence-electron chi connectivity index (χ4n) is 1.85. The van der Waals surface area contributed by atoms with Crippen molar-refractivity contribution in [3.63, 3.8) is 0 Å². The number of hydrogen-bond acceptors (Lipinski definition) is 5. The van der Waals surface area contributed by atoms with E-state index in [1.807, 2.05) is 23.0 Å². The van der Waals surface area contributed by atoms with E-state index in [1.165, 1.54) is 0 Å². The summed E-state index contributed by atoms with van der Waals surface area (Å²) in [6.45, 7) is 9.04. The standard InChI is InChI=1S/C15H23N5O/c1-4-7-20-11-14(10-17-20)21-15-6-5-13(18-19-15)9-16-8-12(2)3/h5-6,10-12,16H,4,7-9H2,1-3H3. The molecule has 114 valence electrons. The number of nitrogens with zero attached hydrogens (tertiary/aromatic N) is 4. The van der Waals surface area contributed by atoms with Crippen molar-refractivity contribution in [1.82, 2.24) is 25.3 Å². The molecule has 0 aliphatic rings. The largest absolute Gasteiger partial charge is 0.434 e. The maximum absolute atomic E-state index is 5.63. The Morgan fingerprint density at radius 3 is 2.81 bits per heavy atom. The van der Waals surface area contributed by atoms with E-state index in [0.717, 1.165) is 31.7 Å². The highest BCUT2D eigenvalue weighted by Gasteiger charge is 2.03. The number of hydrogen-bond donors (Lipinski definition) is 1. The van der Waals surface area contributed by atoms with Crippen molar-refractivity contribution in [2.24, 2.45) is 5.92 Å². The summed E-state index contributed by atoms with van der Waals surface area (Å²) in [5.41, 5.74) is 0.907. The third-order valence-corrected chi connectivity index (χ3v) is 2.84. The molecule has 2 aromatic heterocycles. The van der Waals surface area contributed by atoms with Gasteiger partial charge in [-0.15, -0.1) is 5.10 Å². The van der Waals surface area contributed by atoms with Crippen LogP contribution in [0, 0.1) is 5.92 Å². The molecular weight excluding hydrogens is 266 g/mol. The number of nitrogens with one attached hydrogen (secondary N) is 1. The lowest BCUT2D eigenvalue weighted by molar-refractivity contribution is 0.451. The summed E-state index contributed by atoms with van der Waals surface area (Å²) in [5, 5.41) is 15.8. The third kappa shape index (κ3) is 5.15. The van der Waals surface area contributed by atoms with Gasteiger partial charge in [0.25, 0.3) is 0 Å². The summed E-state index contributed by atoms with van der Waals surface area (Å²) in [7, 11) is 0. The first-order chi connectivity index (χ1) is 10.2. The van der Waals surface area contributed by atoms with Gasteiger partial charge in [0, 0.05) is 19.2 Å². The van der Waals surface area contributed by atoms with E-state index in [1.54, 1.807) is 6.20 Å². The monoisotopic (exact) mass is 289 g/mol. The Morgan fingerprint density at radius 2 is 2.14 bits per heavy atom. The molecule has 0 amide bonds. The van der Waals surface area contributed by atoms with E-state index in [-0.39, 0.29) is 0 Å². The minimum Gasteiger partial charge on any atom is -0.434 e. The topological polar surface area (TPSA) is 64.9 Å². The van der Waals surface area contributed by atoms with Gasteiger partial charge in [-0.25, -0.2) is 0 Å². The molecule has 0 fully saturated rings. The van der Waals surface area contributed by atoms with Crippen LogP contribution in [-0.4, -0.2) is 26.5 Å². The van der Waals surface area contributed by atoms with Crippen LogP contribution >= 0.6 is 0 Å². The quantitative estimate of drug-likeness (QED) is 0.809. The Hall–Kier alpha value is -1.95. The van der Waals surface area contributed by atoms with E-state index < -0.39 is 0 Å². The van der Waals surface area contributed by atoms with Crippen LogP contribution in [0.1, 0.15) is 32.9 Å². The van der Waals surface area contributed by atoms with E-state index in [0.29, 0.717) is 17.5 Å². The van der Waals surface area contributed by atoms with Crippen molar-refractivity contribution in [1.29, 1.82) is 0 Å². The summed E-state index contributed by atoms with van der Waals surface area (Å²) >= 11 is 0. The van der Waals surface area contributed by atoms with Crippen molar-refractivity contribution in [2.45, 2.75) is 40.3 Å². The first-order valence-electron chi connectivity index (χ1n) is 7.41. The molecule has 6 heteroatoms. The van der Waals surface area contributed by atoms with Gasteiger partial charge in [0.15, 0.2) is 5.75 Å². The molecule has 0 radical (unpaired) electrons. The Bertz CT molecular complexity index is 535. The predicted molar refractivity (Wildman–Crippen MR) is 81.2 cm³/mol. The highest BCUT2D eigenvalue weighted by atomic mass is 16.5. The lowest BCUT2D eigenvalue weighted by Crippen LogP contribution is -2.19. The van der Waals surface area contributed by atoms with Crippen LogP contribution in [0.4, 0.5) is 0 Å². The van der Waals surface area contributed by atoms with Crippen LogP contribution in [0.3, 0.4) is 0 Å². The van der Waals surface area contributed by atoms with Crippen LogP contribution in [0.15, 0.2) is 24.5 Å². The average Bonchev–Trinajstić information content (AvgIpc) is 2.88. The zero-order chi connectivity index (χ0) is 15.1. The van der Waals surface area contributed by atoms with Crippen LogP contribution in [0.5, 0.6) is 11.6 Å². The SMILES string of the molecule is CCCn1cc(Oc2ccc(CNCC(C)C)nn2)cn1. The molecule has 0 bridgehead atoms. The smallest absolute Gasteiger partial charge is 0.239 e. The summed E-state index contributed by atoms with van der Waals surface area (Å²) in [4.78, 5) is 0. The van der Waals surface area contributed by atoms with Crippen molar-refractivity contribution >= 4 is 0 Å². The fraction of sp³-hybridized carbons (Fsp3) is 0.533. The summed E-state index contributed by atoms with van der Waals surface area (Å²) < 4.78 is 7.48. The number of rotatable bonds is 8. The molecule has 2 heterocycles. The van der Waals surface area contributed by atoms with Gasteiger partial charge in [-0.3, -0.25) is 4.68 Å². The molecule has 0 saturated carbocycles. The van der Waals surface area contributed by atoms with Crippen molar-refractivity contribution in [3.8, 4) is 11.6 Å². The van der Waals surface area contributed by atoms with E-state index in [9.17, 15) is 0 Å². The van der Waals surface area contributed by atoms with Gasteiger partial charge < -0.3 is 10.1 Å². The second kappa shape index (κ2) is 7.73. The van der Waals surface area contributed by atoms with E-state index >= 15 is 0 Å². The fourth-order valence-corrected chi connectivity index (χ4v) is 1.85. The molecular formula is C15H23N5O. The average molecular weight is 289 g/mol. The Morgan fingerprint density at radius 1 is 1.29 bits per heavy atom. The highest BCUT2D eigenvalue weighted by Crippen LogP contribution is 2.17. The second-order valence-corrected chi connectivity index (χ2v) is 5.43. The molecule has 0 unspecified atom stereocenters. The molecule has 21 heavy (non-hydrogen) atoms. The van der Waals surface area contributed by atoms with Gasteiger partial charge in [0.05, 0.1) is 18.1 Å². The van der Waals surface area contributed by atoms with Crippen LogP contribution in [-0.2, 0) is 13.1 Å². The van der Waals surface area contributed by atoms with Gasteiger partial charge in [-0.2, -0.15) is 10.2 Å². The first-order valence-corrected chi connectivity index (χ1v) is 7.41. The normalized spacial score (nSPS) is 11.0. The Balaban J connectivity index is 1.86. The Labute approximate surface area is 125 Å². The van der Waals surface area contributed by atoms with Crippen molar-refractivity contribution < 1.29 is 4.74 Å². The van der Waals surface area contributed by atoms with Crippen LogP contribution in [0.25, 0.3) is 0 Å². The van der Waals surface area contributed by atoms with Gasteiger partial charge in [0.2, 0.25) is 5.88 Å². The molecule has 1 N–H and O–H groups in total.